The van der Waals surface area contributed by atoms with Crippen LogP contribution in [0.1, 0.15) is 35.7 Å². The first kappa shape index (κ1) is 15.8. The van der Waals surface area contributed by atoms with Gasteiger partial charge in [-0.25, -0.2) is 4.98 Å². The van der Waals surface area contributed by atoms with Gasteiger partial charge in [0, 0.05) is 27.9 Å². The van der Waals surface area contributed by atoms with Crippen LogP contribution < -0.4 is 5.32 Å². The monoisotopic (exact) mass is 328 g/mol. The molecule has 2 nitrogen and oxygen atoms in total. The van der Waals surface area contributed by atoms with Crippen molar-refractivity contribution in [1.29, 1.82) is 0 Å². The lowest BCUT2D eigenvalue weighted by Crippen LogP contribution is -2.24. The lowest BCUT2D eigenvalue weighted by atomic mass is 10.0. The number of nitrogens with zero attached hydrogens (tertiary/aromatic N) is 1. The van der Waals surface area contributed by atoms with Gasteiger partial charge >= 0.3 is 0 Å². The lowest BCUT2D eigenvalue weighted by Gasteiger charge is -2.19. The minimum absolute atomic E-state index is 0.168. The van der Waals surface area contributed by atoms with E-state index in [4.69, 9.17) is 23.2 Å². The van der Waals surface area contributed by atoms with Gasteiger partial charge in [-0.1, -0.05) is 36.2 Å². The normalized spacial score (nSPS) is 12.6. The minimum Gasteiger partial charge on any atom is -0.310 e. The molecule has 1 atom stereocenters. The standard InChI is InChI=1S/C15H18Cl2N2S/c1-3-6-18-15(8-12-9-20-10(2)19-12)13-5-4-11(16)7-14(13)17/h4-5,7,9,15,18H,3,6,8H2,1-2H3. The highest BCUT2D eigenvalue weighted by Crippen LogP contribution is 2.28. The van der Waals surface area contributed by atoms with E-state index in [9.17, 15) is 0 Å². The quantitative estimate of drug-likeness (QED) is 0.803. The van der Waals surface area contributed by atoms with Crippen LogP contribution in [0, 0.1) is 6.92 Å². The van der Waals surface area contributed by atoms with Crippen molar-refractivity contribution in [2.24, 2.45) is 0 Å². The van der Waals surface area contributed by atoms with Crippen LogP contribution in [-0.2, 0) is 6.42 Å². The van der Waals surface area contributed by atoms with Gasteiger partial charge in [0.1, 0.15) is 0 Å². The van der Waals surface area contributed by atoms with Gasteiger partial charge in [-0.05, 0) is 37.6 Å². The second-order valence-corrected chi connectivity index (χ2v) is 6.64. The molecule has 0 aliphatic rings. The second-order valence-electron chi connectivity index (χ2n) is 4.73. The molecule has 1 aromatic carbocycles. The Morgan fingerprint density at radius 3 is 2.75 bits per heavy atom. The van der Waals surface area contributed by atoms with Crippen LogP contribution in [-0.4, -0.2) is 11.5 Å². The Balaban J connectivity index is 2.22. The van der Waals surface area contributed by atoms with Crippen LogP contribution in [0.25, 0.3) is 0 Å². The Morgan fingerprint density at radius 1 is 1.35 bits per heavy atom. The number of rotatable bonds is 6. The third kappa shape index (κ3) is 4.19. The van der Waals surface area contributed by atoms with Crippen molar-refractivity contribution in [3.8, 4) is 0 Å². The lowest BCUT2D eigenvalue weighted by molar-refractivity contribution is 0.525. The highest BCUT2D eigenvalue weighted by atomic mass is 35.5. The summed E-state index contributed by atoms with van der Waals surface area (Å²) in [6, 6.07) is 5.85. The number of aryl methyl sites for hydroxylation is 1. The van der Waals surface area contributed by atoms with Gasteiger partial charge in [0.2, 0.25) is 0 Å². The first-order valence-corrected chi connectivity index (χ1v) is 8.33. The number of aromatic nitrogens is 1. The van der Waals surface area contributed by atoms with Crippen molar-refractivity contribution in [1.82, 2.24) is 10.3 Å². The maximum atomic E-state index is 6.33. The van der Waals surface area contributed by atoms with Crippen LogP contribution in [0.2, 0.25) is 10.0 Å². The summed E-state index contributed by atoms with van der Waals surface area (Å²) in [7, 11) is 0. The molecule has 0 saturated heterocycles. The molecule has 0 fully saturated rings. The van der Waals surface area contributed by atoms with Crippen molar-refractivity contribution >= 4 is 34.5 Å². The van der Waals surface area contributed by atoms with Gasteiger partial charge in [0.05, 0.1) is 10.7 Å². The molecule has 1 heterocycles. The molecule has 0 bridgehead atoms. The van der Waals surface area contributed by atoms with Crippen LogP contribution in [0.15, 0.2) is 23.6 Å². The van der Waals surface area contributed by atoms with E-state index in [2.05, 4.69) is 22.6 Å². The molecule has 2 rings (SSSR count). The fourth-order valence-corrected chi connectivity index (χ4v) is 3.27. The fourth-order valence-electron chi connectivity index (χ4n) is 2.11. The van der Waals surface area contributed by atoms with E-state index in [1.165, 1.54) is 0 Å². The molecule has 108 valence electrons. The summed E-state index contributed by atoms with van der Waals surface area (Å²) in [4.78, 5) is 4.54. The van der Waals surface area contributed by atoms with Crippen LogP contribution in [0.3, 0.4) is 0 Å². The predicted molar refractivity (Wildman–Crippen MR) is 88.1 cm³/mol. The third-order valence-corrected chi connectivity index (χ3v) is 4.44. The molecule has 0 aliphatic heterocycles. The zero-order chi connectivity index (χ0) is 14.5. The molecule has 0 saturated carbocycles. The van der Waals surface area contributed by atoms with Crippen LogP contribution in [0.4, 0.5) is 0 Å². The maximum Gasteiger partial charge on any atom is 0.0897 e. The van der Waals surface area contributed by atoms with Crippen molar-refractivity contribution in [2.75, 3.05) is 6.54 Å². The van der Waals surface area contributed by atoms with E-state index in [-0.39, 0.29) is 6.04 Å². The van der Waals surface area contributed by atoms with Crippen molar-refractivity contribution < 1.29 is 0 Å². The van der Waals surface area contributed by atoms with E-state index >= 15 is 0 Å². The largest absolute Gasteiger partial charge is 0.310 e. The van der Waals surface area contributed by atoms with Crippen LogP contribution in [0.5, 0.6) is 0 Å². The molecule has 1 unspecified atom stereocenters. The number of benzene rings is 1. The van der Waals surface area contributed by atoms with Gasteiger partial charge in [-0.3, -0.25) is 0 Å². The smallest absolute Gasteiger partial charge is 0.0897 e. The zero-order valence-electron chi connectivity index (χ0n) is 11.6. The van der Waals surface area contributed by atoms with E-state index in [0.29, 0.717) is 10.0 Å². The van der Waals surface area contributed by atoms with Crippen molar-refractivity contribution in [3.63, 3.8) is 0 Å². The van der Waals surface area contributed by atoms with E-state index < -0.39 is 0 Å². The van der Waals surface area contributed by atoms with Gasteiger partial charge in [-0.2, -0.15) is 0 Å². The van der Waals surface area contributed by atoms with Crippen molar-refractivity contribution in [2.45, 2.75) is 32.7 Å². The molecule has 0 amide bonds. The fraction of sp³-hybridized carbons (Fsp3) is 0.400. The summed E-state index contributed by atoms with van der Waals surface area (Å²) in [6.45, 7) is 5.13. The highest BCUT2D eigenvalue weighted by molar-refractivity contribution is 7.09. The number of thiazole rings is 1. The van der Waals surface area contributed by atoms with E-state index in [1.54, 1.807) is 17.4 Å². The minimum atomic E-state index is 0.168. The molecule has 0 aliphatic carbocycles. The SMILES string of the molecule is CCCNC(Cc1csc(C)n1)c1ccc(Cl)cc1Cl. The molecular formula is C15H18Cl2N2S. The molecular weight excluding hydrogens is 311 g/mol. The summed E-state index contributed by atoms with van der Waals surface area (Å²) in [5, 5.41) is 8.12. The molecule has 1 N–H and O–H groups in total. The van der Waals surface area contributed by atoms with Gasteiger partial charge in [0.25, 0.3) is 0 Å². The Kier molecular flexibility index (Phi) is 5.85. The molecule has 0 spiro atoms. The average molecular weight is 329 g/mol. The summed E-state index contributed by atoms with van der Waals surface area (Å²) < 4.78 is 0. The number of hydrogen-bond donors (Lipinski definition) is 1. The average Bonchev–Trinajstić information content (AvgIpc) is 2.80. The number of halogens is 2. The molecule has 2 aromatic rings. The summed E-state index contributed by atoms with van der Waals surface area (Å²) >= 11 is 14.0. The Hall–Kier alpha value is -0.610. The second kappa shape index (κ2) is 7.41. The number of nitrogens with one attached hydrogen (secondary N) is 1. The zero-order valence-corrected chi connectivity index (χ0v) is 13.9. The highest BCUT2D eigenvalue weighted by Gasteiger charge is 2.16. The Morgan fingerprint density at radius 2 is 2.15 bits per heavy atom. The molecule has 1 aromatic heterocycles. The van der Waals surface area contributed by atoms with Gasteiger partial charge < -0.3 is 5.32 Å². The summed E-state index contributed by atoms with van der Waals surface area (Å²) in [5.41, 5.74) is 2.18. The maximum absolute atomic E-state index is 6.33. The van der Waals surface area contributed by atoms with Crippen LogP contribution >= 0.6 is 34.5 Å². The summed E-state index contributed by atoms with van der Waals surface area (Å²) in [5.74, 6) is 0. The summed E-state index contributed by atoms with van der Waals surface area (Å²) in [6.07, 6.45) is 1.92. The Bertz CT molecular complexity index is 569. The number of hydrogen-bond acceptors (Lipinski definition) is 3. The van der Waals surface area contributed by atoms with Gasteiger partial charge in [0.15, 0.2) is 0 Å². The van der Waals surface area contributed by atoms with E-state index in [1.807, 2.05) is 19.1 Å². The molecule has 20 heavy (non-hydrogen) atoms. The Labute approximate surface area is 134 Å². The third-order valence-electron chi connectivity index (χ3n) is 3.06. The van der Waals surface area contributed by atoms with Crippen molar-refractivity contribution in [3.05, 3.63) is 49.9 Å². The van der Waals surface area contributed by atoms with Gasteiger partial charge in [-0.15, -0.1) is 11.3 Å². The molecule has 0 radical (unpaired) electrons. The molecule has 5 heteroatoms. The van der Waals surface area contributed by atoms with E-state index in [0.717, 1.165) is 35.7 Å². The first-order chi connectivity index (χ1) is 9.60. The topological polar surface area (TPSA) is 24.9 Å². The first-order valence-electron chi connectivity index (χ1n) is 6.69. The predicted octanol–water partition coefficient (Wildman–Crippen LogP) is 5.04.